The van der Waals surface area contributed by atoms with E-state index in [1.807, 2.05) is 36.4 Å². The fourth-order valence-corrected chi connectivity index (χ4v) is 2.09. The number of benzene rings is 1. The second-order valence-electron chi connectivity index (χ2n) is 4.60. The third-order valence-corrected chi connectivity index (χ3v) is 3.29. The van der Waals surface area contributed by atoms with Crippen molar-refractivity contribution in [2.24, 2.45) is 0 Å². The van der Waals surface area contributed by atoms with Crippen LogP contribution in [0.3, 0.4) is 0 Å². The van der Waals surface area contributed by atoms with Gasteiger partial charge in [0, 0.05) is 23.0 Å². The molecule has 0 amide bonds. The standard InChI is InChI=1S/C16H14ClN3O/c17-14-3-1-12(2-4-14)10-21-11-16-19-9-15(20-16)13-5-7-18-8-6-13/h1-9H,10-11H2,(H,19,20). The Morgan fingerprint density at radius 1 is 1.00 bits per heavy atom. The van der Waals surface area contributed by atoms with Crippen molar-refractivity contribution in [3.8, 4) is 11.3 Å². The second-order valence-corrected chi connectivity index (χ2v) is 5.04. The van der Waals surface area contributed by atoms with E-state index in [4.69, 9.17) is 16.3 Å². The Hall–Kier alpha value is -2.17. The van der Waals surface area contributed by atoms with E-state index in [1.54, 1.807) is 18.6 Å². The highest BCUT2D eigenvalue weighted by Crippen LogP contribution is 2.16. The van der Waals surface area contributed by atoms with E-state index < -0.39 is 0 Å². The number of hydrogen-bond donors (Lipinski definition) is 1. The number of nitrogens with one attached hydrogen (secondary N) is 1. The lowest BCUT2D eigenvalue weighted by Crippen LogP contribution is -1.95. The van der Waals surface area contributed by atoms with Crippen LogP contribution < -0.4 is 0 Å². The highest BCUT2D eigenvalue weighted by Gasteiger charge is 2.03. The number of aromatic amines is 1. The summed E-state index contributed by atoms with van der Waals surface area (Å²) in [5, 5.41) is 0.728. The first-order chi connectivity index (χ1) is 10.3. The van der Waals surface area contributed by atoms with Gasteiger partial charge in [-0.1, -0.05) is 23.7 Å². The SMILES string of the molecule is Clc1ccc(COCc2ncc(-c3ccncc3)[nH]2)cc1. The lowest BCUT2D eigenvalue weighted by atomic mass is 10.2. The number of halogens is 1. The quantitative estimate of drug-likeness (QED) is 0.778. The van der Waals surface area contributed by atoms with Crippen molar-refractivity contribution < 1.29 is 4.74 Å². The number of pyridine rings is 1. The van der Waals surface area contributed by atoms with Gasteiger partial charge in [-0.05, 0) is 29.8 Å². The monoisotopic (exact) mass is 299 g/mol. The molecule has 5 heteroatoms. The van der Waals surface area contributed by atoms with Gasteiger partial charge >= 0.3 is 0 Å². The maximum atomic E-state index is 5.84. The van der Waals surface area contributed by atoms with Crippen molar-refractivity contribution in [3.05, 3.63) is 71.4 Å². The summed E-state index contributed by atoms with van der Waals surface area (Å²) in [6.45, 7) is 0.968. The lowest BCUT2D eigenvalue weighted by Gasteiger charge is -2.02. The van der Waals surface area contributed by atoms with Gasteiger partial charge in [0.15, 0.2) is 0 Å². The largest absolute Gasteiger partial charge is 0.369 e. The predicted octanol–water partition coefficient (Wildman–Crippen LogP) is 3.84. The molecule has 3 rings (SSSR count). The number of imidazole rings is 1. The highest BCUT2D eigenvalue weighted by molar-refractivity contribution is 6.30. The fraction of sp³-hybridized carbons (Fsp3) is 0.125. The minimum atomic E-state index is 0.438. The predicted molar refractivity (Wildman–Crippen MR) is 81.8 cm³/mol. The molecule has 1 aromatic carbocycles. The highest BCUT2D eigenvalue weighted by atomic mass is 35.5. The first kappa shape index (κ1) is 13.8. The molecule has 0 saturated carbocycles. The topological polar surface area (TPSA) is 50.8 Å². The number of hydrogen-bond acceptors (Lipinski definition) is 3. The van der Waals surface area contributed by atoms with Crippen molar-refractivity contribution >= 4 is 11.6 Å². The van der Waals surface area contributed by atoms with Crippen molar-refractivity contribution in [2.45, 2.75) is 13.2 Å². The van der Waals surface area contributed by atoms with Crippen LogP contribution in [-0.2, 0) is 18.0 Å². The molecule has 3 aromatic rings. The Kier molecular flexibility index (Phi) is 4.28. The molecule has 0 radical (unpaired) electrons. The van der Waals surface area contributed by atoms with Crippen molar-refractivity contribution in [2.75, 3.05) is 0 Å². The Balaban J connectivity index is 1.57. The molecule has 106 valence electrons. The van der Waals surface area contributed by atoms with E-state index in [1.165, 1.54) is 0 Å². The minimum Gasteiger partial charge on any atom is -0.369 e. The second kappa shape index (κ2) is 6.52. The van der Waals surface area contributed by atoms with Gasteiger partial charge in [-0.25, -0.2) is 4.98 Å². The van der Waals surface area contributed by atoms with Crippen LogP contribution in [0.2, 0.25) is 5.02 Å². The molecule has 1 N–H and O–H groups in total. The van der Waals surface area contributed by atoms with Crippen molar-refractivity contribution in [3.63, 3.8) is 0 Å². The molecule has 21 heavy (non-hydrogen) atoms. The van der Waals surface area contributed by atoms with Gasteiger partial charge in [0.25, 0.3) is 0 Å². The minimum absolute atomic E-state index is 0.438. The fourth-order valence-electron chi connectivity index (χ4n) is 1.96. The summed E-state index contributed by atoms with van der Waals surface area (Å²) in [7, 11) is 0. The van der Waals surface area contributed by atoms with E-state index in [-0.39, 0.29) is 0 Å². The van der Waals surface area contributed by atoms with E-state index in [2.05, 4.69) is 15.0 Å². The summed E-state index contributed by atoms with van der Waals surface area (Å²) in [5.74, 6) is 0.802. The molecular formula is C16H14ClN3O. The molecule has 0 spiro atoms. The van der Waals surface area contributed by atoms with Gasteiger partial charge in [0.1, 0.15) is 12.4 Å². The zero-order chi connectivity index (χ0) is 14.5. The molecule has 0 unspecified atom stereocenters. The first-order valence-corrected chi connectivity index (χ1v) is 6.95. The zero-order valence-electron chi connectivity index (χ0n) is 11.3. The maximum Gasteiger partial charge on any atom is 0.132 e. The summed E-state index contributed by atoms with van der Waals surface area (Å²) in [5.41, 5.74) is 3.10. The normalized spacial score (nSPS) is 10.7. The smallest absolute Gasteiger partial charge is 0.132 e. The van der Waals surface area contributed by atoms with Crippen LogP contribution in [0.25, 0.3) is 11.3 Å². The molecule has 0 bridgehead atoms. The molecule has 0 aliphatic carbocycles. The molecule has 0 fully saturated rings. The Morgan fingerprint density at radius 2 is 1.76 bits per heavy atom. The number of aromatic nitrogens is 3. The van der Waals surface area contributed by atoms with Crippen molar-refractivity contribution in [1.82, 2.24) is 15.0 Å². The third kappa shape index (κ3) is 3.68. The molecule has 2 heterocycles. The molecule has 0 aliphatic heterocycles. The maximum absolute atomic E-state index is 5.84. The molecule has 0 saturated heterocycles. The number of rotatable bonds is 5. The van der Waals surface area contributed by atoms with E-state index >= 15 is 0 Å². The molecule has 4 nitrogen and oxygen atoms in total. The summed E-state index contributed by atoms with van der Waals surface area (Å²) >= 11 is 5.84. The van der Waals surface area contributed by atoms with Gasteiger partial charge in [-0.3, -0.25) is 4.98 Å². The molecule has 0 aliphatic rings. The average molecular weight is 300 g/mol. The van der Waals surface area contributed by atoms with Crippen LogP contribution in [0.1, 0.15) is 11.4 Å². The Labute approximate surface area is 127 Å². The van der Waals surface area contributed by atoms with Crippen molar-refractivity contribution in [1.29, 1.82) is 0 Å². The number of ether oxygens (including phenoxy) is 1. The molecule has 2 aromatic heterocycles. The van der Waals surface area contributed by atoms with Crippen LogP contribution in [0.5, 0.6) is 0 Å². The zero-order valence-corrected chi connectivity index (χ0v) is 12.0. The van der Waals surface area contributed by atoms with E-state index in [0.717, 1.165) is 27.7 Å². The summed E-state index contributed by atoms with van der Waals surface area (Å²) < 4.78 is 5.65. The van der Waals surface area contributed by atoms with Crippen LogP contribution in [-0.4, -0.2) is 15.0 Å². The van der Waals surface area contributed by atoms with E-state index in [0.29, 0.717) is 13.2 Å². The Bertz CT molecular complexity index is 695. The van der Waals surface area contributed by atoms with Gasteiger partial charge in [0.05, 0.1) is 18.5 Å². The van der Waals surface area contributed by atoms with Gasteiger partial charge in [0.2, 0.25) is 0 Å². The molecular weight excluding hydrogens is 286 g/mol. The summed E-state index contributed by atoms with van der Waals surface area (Å²) in [6, 6.07) is 11.5. The Morgan fingerprint density at radius 3 is 2.52 bits per heavy atom. The average Bonchev–Trinajstić information content (AvgIpc) is 2.99. The van der Waals surface area contributed by atoms with Crippen LogP contribution >= 0.6 is 11.6 Å². The van der Waals surface area contributed by atoms with Crippen LogP contribution in [0.4, 0.5) is 0 Å². The van der Waals surface area contributed by atoms with Gasteiger partial charge in [-0.2, -0.15) is 0 Å². The third-order valence-electron chi connectivity index (χ3n) is 3.04. The number of nitrogens with zero attached hydrogens (tertiary/aromatic N) is 2. The number of H-pyrrole nitrogens is 1. The van der Waals surface area contributed by atoms with Gasteiger partial charge < -0.3 is 9.72 Å². The van der Waals surface area contributed by atoms with Gasteiger partial charge in [-0.15, -0.1) is 0 Å². The van der Waals surface area contributed by atoms with E-state index in [9.17, 15) is 0 Å². The van der Waals surface area contributed by atoms with Crippen LogP contribution in [0, 0.1) is 0 Å². The molecule has 0 atom stereocenters. The summed E-state index contributed by atoms with van der Waals surface area (Å²) in [6.07, 6.45) is 5.32. The first-order valence-electron chi connectivity index (χ1n) is 6.58. The summed E-state index contributed by atoms with van der Waals surface area (Å²) in [4.78, 5) is 11.6. The van der Waals surface area contributed by atoms with Crippen LogP contribution in [0.15, 0.2) is 55.0 Å². The lowest BCUT2D eigenvalue weighted by molar-refractivity contribution is 0.102.